The molecule has 3 rings (SSSR count). The minimum Gasteiger partial charge on any atom is -0.380 e. The normalized spacial score (nSPS) is 15.5. The molecule has 24 heavy (non-hydrogen) atoms. The summed E-state index contributed by atoms with van der Waals surface area (Å²) in [6.45, 7) is 9.72. The third kappa shape index (κ3) is 4.16. The molecule has 0 bridgehead atoms. The highest BCUT2D eigenvalue weighted by Crippen LogP contribution is 2.18. The van der Waals surface area contributed by atoms with Crippen molar-refractivity contribution in [2.75, 3.05) is 38.0 Å². The van der Waals surface area contributed by atoms with E-state index < -0.39 is 0 Å². The first-order valence-electron chi connectivity index (χ1n) is 8.56. The Balaban J connectivity index is 1.61. The monoisotopic (exact) mass is 343 g/mol. The number of benzene rings is 1. The molecule has 1 aromatic heterocycles. The molecule has 1 fully saturated rings. The number of amides is 1. The molecule has 2 aromatic rings. The van der Waals surface area contributed by atoms with Gasteiger partial charge >= 0.3 is 0 Å². The molecule has 5 heteroatoms. The van der Waals surface area contributed by atoms with Gasteiger partial charge in [0.05, 0.1) is 0 Å². The second kappa shape index (κ2) is 7.81. The van der Waals surface area contributed by atoms with Crippen LogP contribution in [0, 0.1) is 6.92 Å². The molecule has 0 spiro atoms. The van der Waals surface area contributed by atoms with Crippen molar-refractivity contribution < 1.29 is 4.79 Å². The summed E-state index contributed by atoms with van der Waals surface area (Å²) in [4.78, 5) is 19.7. The first kappa shape index (κ1) is 17.0. The van der Waals surface area contributed by atoms with Crippen LogP contribution in [0.4, 0.5) is 5.69 Å². The summed E-state index contributed by atoms with van der Waals surface area (Å²) in [6.07, 6.45) is 0. The molecule has 128 valence electrons. The summed E-state index contributed by atoms with van der Waals surface area (Å²) in [5, 5.41) is 3.42. The van der Waals surface area contributed by atoms with Gasteiger partial charge in [-0.15, -0.1) is 11.3 Å². The van der Waals surface area contributed by atoms with Crippen molar-refractivity contribution in [1.29, 1.82) is 0 Å². The van der Waals surface area contributed by atoms with Crippen molar-refractivity contribution in [3.8, 4) is 0 Å². The largest absolute Gasteiger partial charge is 0.380 e. The number of likely N-dealkylation sites (N-methyl/N-ethyl adjacent to an activating group) is 1. The highest BCUT2D eigenvalue weighted by molar-refractivity contribution is 7.11. The van der Waals surface area contributed by atoms with E-state index in [4.69, 9.17) is 0 Å². The Kier molecular flexibility index (Phi) is 5.53. The lowest BCUT2D eigenvalue weighted by Crippen LogP contribution is -2.48. The molecule has 0 atom stereocenters. The standard InChI is InChI=1S/C19H25N3OS/c1-3-21-9-11-22(12-10-21)19(23)16-5-4-6-17(13-16)20-14-18-8-7-15(2)24-18/h4-8,13,20H,3,9-12,14H2,1-2H3. The van der Waals surface area contributed by atoms with Crippen LogP contribution in [0.15, 0.2) is 36.4 Å². The molecule has 0 unspecified atom stereocenters. The first-order valence-corrected chi connectivity index (χ1v) is 9.38. The quantitative estimate of drug-likeness (QED) is 0.903. The molecule has 1 aromatic carbocycles. The number of carbonyl (C=O) groups excluding carboxylic acids is 1. The van der Waals surface area contributed by atoms with Gasteiger partial charge < -0.3 is 15.1 Å². The van der Waals surface area contributed by atoms with Crippen LogP contribution in [0.1, 0.15) is 27.0 Å². The first-order chi connectivity index (χ1) is 11.7. The number of hydrogen-bond acceptors (Lipinski definition) is 4. The van der Waals surface area contributed by atoms with Gasteiger partial charge in [-0.2, -0.15) is 0 Å². The number of anilines is 1. The third-order valence-electron chi connectivity index (χ3n) is 4.48. The third-order valence-corrected chi connectivity index (χ3v) is 5.48. The van der Waals surface area contributed by atoms with Gasteiger partial charge in [0.2, 0.25) is 0 Å². The molecule has 1 amide bonds. The summed E-state index contributed by atoms with van der Waals surface area (Å²) >= 11 is 1.80. The van der Waals surface area contributed by atoms with E-state index in [2.05, 4.69) is 36.2 Å². The van der Waals surface area contributed by atoms with E-state index in [-0.39, 0.29) is 5.91 Å². The van der Waals surface area contributed by atoms with Crippen LogP contribution in [0.2, 0.25) is 0 Å². The van der Waals surface area contributed by atoms with Gasteiger partial charge in [-0.05, 0) is 43.8 Å². The van der Waals surface area contributed by atoms with Gasteiger partial charge in [-0.1, -0.05) is 13.0 Å². The number of nitrogens with one attached hydrogen (secondary N) is 1. The molecule has 1 aliphatic heterocycles. The van der Waals surface area contributed by atoms with E-state index in [9.17, 15) is 4.79 Å². The van der Waals surface area contributed by atoms with E-state index in [1.54, 1.807) is 11.3 Å². The fourth-order valence-electron chi connectivity index (χ4n) is 2.98. The SMILES string of the molecule is CCN1CCN(C(=O)c2cccc(NCc3ccc(C)s3)c2)CC1. The Labute approximate surface area is 148 Å². The summed E-state index contributed by atoms with van der Waals surface area (Å²) in [6, 6.07) is 12.1. The minimum atomic E-state index is 0.140. The zero-order valence-corrected chi connectivity index (χ0v) is 15.2. The predicted octanol–water partition coefficient (Wildman–Crippen LogP) is 3.45. The van der Waals surface area contributed by atoms with Gasteiger partial charge in [0.1, 0.15) is 0 Å². The number of rotatable bonds is 5. The summed E-state index contributed by atoms with van der Waals surface area (Å²) in [5.74, 6) is 0.140. The molecular formula is C19H25N3OS. The van der Waals surface area contributed by atoms with Crippen molar-refractivity contribution in [3.05, 3.63) is 51.7 Å². The maximum Gasteiger partial charge on any atom is 0.254 e. The molecule has 1 saturated heterocycles. The number of aryl methyl sites for hydroxylation is 1. The Hall–Kier alpha value is -1.85. The molecule has 1 N–H and O–H groups in total. The molecule has 0 radical (unpaired) electrons. The average Bonchev–Trinajstić information content (AvgIpc) is 3.05. The number of carbonyl (C=O) groups is 1. The van der Waals surface area contributed by atoms with Crippen LogP contribution in [0.3, 0.4) is 0 Å². The fourth-order valence-corrected chi connectivity index (χ4v) is 3.81. The summed E-state index contributed by atoms with van der Waals surface area (Å²) in [7, 11) is 0. The molecule has 4 nitrogen and oxygen atoms in total. The van der Waals surface area contributed by atoms with Gasteiger partial charge in [0.25, 0.3) is 5.91 Å². The zero-order valence-electron chi connectivity index (χ0n) is 14.4. The van der Waals surface area contributed by atoms with Crippen LogP contribution in [-0.2, 0) is 6.54 Å². The maximum atomic E-state index is 12.7. The Morgan fingerprint density at radius 3 is 2.62 bits per heavy atom. The van der Waals surface area contributed by atoms with Crippen LogP contribution < -0.4 is 5.32 Å². The molecule has 0 saturated carbocycles. The highest BCUT2D eigenvalue weighted by atomic mass is 32.1. The van der Waals surface area contributed by atoms with Crippen molar-refractivity contribution in [1.82, 2.24) is 9.80 Å². The van der Waals surface area contributed by atoms with Crippen LogP contribution in [-0.4, -0.2) is 48.4 Å². The fraction of sp³-hybridized carbons (Fsp3) is 0.421. The van der Waals surface area contributed by atoms with Gasteiger partial charge in [0, 0.05) is 53.7 Å². The molecule has 2 heterocycles. The number of thiophene rings is 1. The van der Waals surface area contributed by atoms with E-state index in [0.717, 1.165) is 50.5 Å². The summed E-state index contributed by atoms with van der Waals surface area (Å²) < 4.78 is 0. The van der Waals surface area contributed by atoms with Gasteiger partial charge in [-0.3, -0.25) is 4.79 Å². The van der Waals surface area contributed by atoms with Gasteiger partial charge in [-0.25, -0.2) is 0 Å². The maximum absolute atomic E-state index is 12.7. The lowest BCUT2D eigenvalue weighted by molar-refractivity contribution is 0.0643. The van der Waals surface area contributed by atoms with E-state index in [1.807, 2.05) is 29.2 Å². The summed E-state index contributed by atoms with van der Waals surface area (Å²) in [5.41, 5.74) is 1.77. The predicted molar refractivity (Wildman–Crippen MR) is 101 cm³/mol. The van der Waals surface area contributed by atoms with E-state index in [0.29, 0.717) is 0 Å². The lowest BCUT2D eigenvalue weighted by atomic mass is 10.1. The van der Waals surface area contributed by atoms with Crippen molar-refractivity contribution in [3.63, 3.8) is 0 Å². The van der Waals surface area contributed by atoms with Gasteiger partial charge in [0.15, 0.2) is 0 Å². The van der Waals surface area contributed by atoms with Crippen LogP contribution in [0.25, 0.3) is 0 Å². The number of nitrogens with zero attached hydrogens (tertiary/aromatic N) is 2. The smallest absolute Gasteiger partial charge is 0.254 e. The Bertz CT molecular complexity index is 689. The van der Waals surface area contributed by atoms with Crippen molar-refractivity contribution in [2.24, 2.45) is 0 Å². The van der Waals surface area contributed by atoms with Crippen molar-refractivity contribution in [2.45, 2.75) is 20.4 Å². The molecular weight excluding hydrogens is 318 g/mol. The average molecular weight is 343 g/mol. The van der Waals surface area contributed by atoms with Crippen LogP contribution >= 0.6 is 11.3 Å². The van der Waals surface area contributed by atoms with E-state index in [1.165, 1.54) is 9.75 Å². The lowest BCUT2D eigenvalue weighted by Gasteiger charge is -2.34. The number of piperazine rings is 1. The second-order valence-electron chi connectivity index (χ2n) is 6.17. The highest BCUT2D eigenvalue weighted by Gasteiger charge is 2.21. The Morgan fingerprint density at radius 1 is 1.17 bits per heavy atom. The zero-order chi connectivity index (χ0) is 16.9. The van der Waals surface area contributed by atoms with Crippen molar-refractivity contribution >= 4 is 22.9 Å². The molecule has 1 aliphatic rings. The van der Waals surface area contributed by atoms with Crippen LogP contribution in [0.5, 0.6) is 0 Å². The Morgan fingerprint density at radius 2 is 1.96 bits per heavy atom. The topological polar surface area (TPSA) is 35.6 Å². The van der Waals surface area contributed by atoms with E-state index >= 15 is 0 Å². The number of hydrogen-bond donors (Lipinski definition) is 1. The molecule has 0 aliphatic carbocycles. The minimum absolute atomic E-state index is 0.140. The second-order valence-corrected chi connectivity index (χ2v) is 7.55.